The van der Waals surface area contributed by atoms with Crippen molar-refractivity contribution in [3.63, 3.8) is 0 Å². The van der Waals surface area contributed by atoms with Crippen LogP contribution < -0.4 is 5.73 Å². The molecular weight excluding hydrogens is 222 g/mol. The van der Waals surface area contributed by atoms with Gasteiger partial charge in [0.2, 0.25) is 0 Å². The Balaban J connectivity index is 3.99. The first kappa shape index (κ1) is 14.0. The van der Waals surface area contributed by atoms with E-state index in [-0.39, 0.29) is 0 Å². The molecule has 0 aliphatic rings. The molecule has 0 amide bonds. The highest BCUT2D eigenvalue weighted by Crippen LogP contribution is 1.97. The van der Waals surface area contributed by atoms with Gasteiger partial charge in [0.1, 0.15) is 6.04 Å². The largest absolute Gasteiger partial charge is 0.481 e. The highest BCUT2D eigenvalue weighted by Gasteiger charge is 2.21. The van der Waals surface area contributed by atoms with Gasteiger partial charge in [0, 0.05) is 0 Å². The quantitative estimate of drug-likeness (QED) is 0.380. The second-order valence-electron chi connectivity index (χ2n) is 2.89. The number of nitrogens with two attached hydrogens (primary N) is 1. The summed E-state index contributed by atoms with van der Waals surface area (Å²) in [6.45, 7) is 0. The molecule has 0 aromatic carbocycles. The molecule has 1 unspecified atom stereocenters. The fraction of sp³-hybridized carbons (Fsp3) is 0.500. The molecule has 0 aliphatic heterocycles. The third kappa shape index (κ3) is 6.49. The van der Waals surface area contributed by atoms with E-state index in [1.54, 1.807) is 0 Å². The van der Waals surface area contributed by atoms with Crippen LogP contribution in [0.5, 0.6) is 0 Å². The van der Waals surface area contributed by atoms with Crippen LogP contribution in [-0.2, 0) is 23.9 Å². The van der Waals surface area contributed by atoms with Gasteiger partial charge in [-0.3, -0.25) is 14.4 Å². The summed E-state index contributed by atoms with van der Waals surface area (Å²) >= 11 is 0. The van der Waals surface area contributed by atoms with Crippen LogP contribution in [0.3, 0.4) is 0 Å². The van der Waals surface area contributed by atoms with E-state index in [1.165, 1.54) is 0 Å². The fourth-order valence-corrected chi connectivity index (χ4v) is 0.719. The zero-order valence-electron chi connectivity index (χ0n) is 8.21. The molecule has 0 fully saturated rings. The molecule has 4 N–H and O–H groups in total. The molecule has 0 rings (SSSR count). The molecule has 0 aromatic heterocycles. The van der Waals surface area contributed by atoms with Crippen LogP contribution in [0.4, 0.5) is 0 Å². The van der Waals surface area contributed by atoms with Crippen molar-refractivity contribution < 1.29 is 34.1 Å². The number of carboxylic acid groups (broad SMARTS) is 2. The minimum atomic E-state index is -1.44. The third-order valence-corrected chi connectivity index (χ3v) is 1.45. The Hall–Kier alpha value is -1.96. The standard InChI is InChI=1S/C8H11NO7/c9-4(3-6(12)13)8(15)16-7(14)2-1-5(10)11/h4H,1-3,9H2,(H,10,11)(H,12,13). The Morgan fingerprint density at radius 1 is 1.06 bits per heavy atom. The molecule has 1 atom stereocenters. The molecule has 8 nitrogen and oxygen atoms in total. The second kappa shape index (κ2) is 6.51. The van der Waals surface area contributed by atoms with E-state index in [9.17, 15) is 19.2 Å². The molecule has 0 bridgehead atoms. The number of ether oxygens (including phenoxy) is 1. The van der Waals surface area contributed by atoms with Crippen molar-refractivity contribution in [1.82, 2.24) is 0 Å². The van der Waals surface area contributed by atoms with Gasteiger partial charge in [0.25, 0.3) is 0 Å². The molecule has 0 aliphatic carbocycles. The number of hydrogen-bond donors (Lipinski definition) is 3. The van der Waals surface area contributed by atoms with Crippen LogP contribution in [0.25, 0.3) is 0 Å². The molecule has 0 aromatic rings. The van der Waals surface area contributed by atoms with Gasteiger partial charge in [-0.15, -0.1) is 0 Å². The summed E-state index contributed by atoms with van der Waals surface area (Å²) in [5.74, 6) is -4.74. The number of hydrogen-bond acceptors (Lipinski definition) is 6. The van der Waals surface area contributed by atoms with Gasteiger partial charge < -0.3 is 20.7 Å². The maximum Gasteiger partial charge on any atom is 0.331 e. The first-order valence-electron chi connectivity index (χ1n) is 4.26. The lowest BCUT2D eigenvalue weighted by atomic mass is 10.2. The Morgan fingerprint density at radius 3 is 2.06 bits per heavy atom. The van der Waals surface area contributed by atoms with E-state index in [1.807, 2.05) is 0 Å². The average molecular weight is 233 g/mol. The van der Waals surface area contributed by atoms with Crippen LogP contribution in [0.1, 0.15) is 19.3 Å². The molecule has 90 valence electrons. The zero-order valence-corrected chi connectivity index (χ0v) is 8.21. The van der Waals surface area contributed by atoms with Crippen LogP contribution in [0, 0.1) is 0 Å². The van der Waals surface area contributed by atoms with Crippen LogP contribution in [-0.4, -0.2) is 40.1 Å². The van der Waals surface area contributed by atoms with Gasteiger partial charge >= 0.3 is 23.9 Å². The lowest BCUT2D eigenvalue weighted by molar-refractivity contribution is -0.163. The van der Waals surface area contributed by atoms with Crippen LogP contribution in [0.2, 0.25) is 0 Å². The van der Waals surface area contributed by atoms with E-state index < -0.39 is 49.2 Å². The number of carboxylic acids is 2. The van der Waals surface area contributed by atoms with Crippen LogP contribution >= 0.6 is 0 Å². The maximum absolute atomic E-state index is 11.0. The van der Waals surface area contributed by atoms with Crippen LogP contribution in [0.15, 0.2) is 0 Å². The number of rotatable bonds is 6. The first-order valence-corrected chi connectivity index (χ1v) is 4.26. The summed E-state index contributed by atoms with van der Waals surface area (Å²) in [6, 6.07) is -1.44. The predicted octanol–water partition coefficient (Wildman–Crippen LogP) is -1.28. The van der Waals surface area contributed by atoms with Crippen molar-refractivity contribution >= 4 is 23.9 Å². The number of aliphatic carboxylic acids is 2. The van der Waals surface area contributed by atoms with Gasteiger partial charge in [0.15, 0.2) is 0 Å². The first-order chi connectivity index (χ1) is 7.32. The van der Waals surface area contributed by atoms with Crippen molar-refractivity contribution in [2.24, 2.45) is 5.73 Å². The number of esters is 2. The van der Waals surface area contributed by atoms with Gasteiger partial charge in [-0.25, -0.2) is 4.79 Å². The topological polar surface area (TPSA) is 144 Å². The van der Waals surface area contributed by atoms with E-state index in [0.717, 1.165) is 0 Å². The van der Waals surface area contributed by atoms with E-state index in [4.69, 9.17) is 15.9 Å². The lowest BCUT2D eigenvalue weighted by Gasteiger charge is -2.07. The highest BCUT2D eigenvalue weighted by atomic mass is 16.6. The Labute approximate surface area is 90.0 Å². The van der Waals surface area contributed by atoms with E-state index in [2.05, 4.69) is 4.74 Å². The fourth-order valence-electron chi connectivity index (χ4n) is 0.719. The van der Waals surface area contributed by atoms with E-state index in [0.29, 0.717) is 0 Å². The summed E-state index contributed by atoms with van der Waals surface area (Å²) in [4.78, 5) is 42.0. The average Bonchev–Trinajstić information content (AvgIpc) is 2.13. The SMILES string of the molecule is NC(CC(=O)O)C(=O)OC(=O)CCC(=O)O. The summed E-state index contributed by atoms with van der Waals surface area (Å²) < 4.78 is 4.13. The normalized spacial score (nSPS) is 11.6. The minimum Gasteiger partial charge on any atom is -0.481 e. The van der Waals surface area contributed by atoms with Crippen molar-refractivity contribution in [3.05, 3.63) is 0 Å². The van der Waals surface area contributed by atoms with Gasteiger partial charge in [-0.05, 0) is 0 Å². The number of carbonyl (C=O) groups is 4. The Bertz CT molecular complexity index is 312. The molecule has 0 radical (unpaired) electrons. The summed E-state index contributed by atoms with van der Waals surface area (Å²) in [6.07, 6.45) is -1.60. The number of carbonyl (C=O) groups excluding carboxylic acids is 2. The smallest absolute Gasteiger partial charge is 0.331 e. The molecule has 0 saturated carbocycles. The summed E-state index contributed by atoms with van der Waals surface area (Å²) in [5.41, 5.74) is 5.10. The maximum atomic E-state index is 11.0. The Morgan fingerprint density at radius 2 is 1.62 bits per heavy atom. The second-order valence-corrected chi connectivity index (χ2v) is 2.89. The van der Waals surface area contributed by atoms with E-state index >= 15 is 0 Å². The van der Waals surface area contributed by atoms with Gasteiger partial charge in [0.05, 0.1) is 19.3 Å². The van der Waals surface area contributed by atoms with Crippen molar-refractivity contribution in [3.8, 4) is 0 Å². The summed E-state index contributed by atoms with van der Waals surface area (Å²) in [7, 11) is 0. The Kier molecular flexibility index (Phi) is 5.71. The monoisotopic (exact) mass is 233 g/mol. The third-order valence-electron chi connectivity index (χ3n) is 1.45. The zero-order chi connectivity index (χ0) is 12.7. The molecule has 0 spiro atoms. The molecular formula is C8H11NO7. The van der Waals surface area contributed by atoms with Crippen molar-refractivity contribution in [2.75, 3.05) is 0 Å². The van der Waals surface area contributed by atoms with Crippen molar-refractivity contribution in [1.29, 1.82) is 0 Å². The minimum absolute atomic E-state index is 0.471. The predicted molar refractivity (Wildman–Crippen MR) is 48.2 cm³/mol. The summed E-state index contributed by atoms with van der Waals surface area (Å²) in [5, 5.41) is 16.5. The van der Waals surface area contributed by atoms with Gasteiger partial charge in [-0.2, -0.15) is 0 Å². The molecule has 0 saturated heterocycles. The molecule has 0 heterocycles. The van der Waals surface area contributed by atoms with Gasteiger partial charge in [-0.1, -0.05) is 0 Å². The lowest BCUT2D eigenvalue weighted by Crippen LogP contribution is -2.35. The molecule has 16 heavy (non-hydrogen) atoms. The van der Waals surface area contributed by atoms with Crippen molar-refractivity contribution in [2.45, 2.75) is 25.3 Å². The highest BCUT2D eigenvalue weighted by molar-refractivity contribution is 5.91. The molecule has 8 heteroatoms.